The van der Waals surface area contributed by atoms with Crippen LogP contribution in [0.15, 0.2) is 48.5 Å². The monoisotopic (exact) mass is 433 g/mol. The number of halogens is 2. The Morgan fingerprint density at radius 1 is 1.17 bits per heavy atom. The Labute approximate surface area is 181 Å². The molecular weight excluding hydrogens is 409 g/mol. The fraction of sp³-hybridized carbons (Fsp3) is 0.391. The Balaban J connectivity index is 2.07. The van der Waals surface area contributed by atoms with Crippen LogP contribution < -0.4 is 5.32 Å². The Hall–Kier alpha value is -2.04. The first kappa shape index (κ1) is 21.7. The van der Waals surface area contributed by atoms with E-state index >= 15 is 0 Å². The molecule has 3 atom stereocenters. The Morgan fingerprint density at radius 2 is 1.83 bits per heavy atom. The zero-order valence-electron chi connectivity index (χ0n) is 16.7. The van der Waals surface area contributed by atoms with E-state index in [-0.39, 0.29) is 24.3 Å². The number of amides is 1. The lowest BCUT2D eigenvalue weighted by atomic mass is 9.62. The third-order valence-corrected chi connectivity index (χ3v) is 6.58. The molecule has 0 saturated carbocycles. The fourth-order valence-electron chi connectivity index (χ4n) is 4.39. The van der Waals surface area contributed by atoms with E-state index in [4.69, 9.17) is 23.2 Å². The summed E-state index contributed by atoms with van der Waals surface area (Å²) < 4.78 is 0. The molecule has 0 spiro atoms. The van der Waals surface area contributed by atoms with Gasteiger partial charge in [0.1, 0.15) is 0 Å². The lowest BCUT2D eigenvalue weighted by Crippen LogP contribution is -2.60. The maximum absolute atomic E-state index is 13.0. The van der Waals surface area contributed by atoms with Crippen molar-refractivity contribution in [2.75, 3.05) is 0 Å². The van der Waals surface area contributed by atoms with Crippen LogP contribution in [0.1, 0.15) is 50.7 Å². The molecule has 2 aromatic rings. The number of benzene rings is 2. The number of rotatable bonds is 5. The van der Waals surface area contributed by atoms with Crippen molar-refractivity contribution in [1.29, 1.82) is 0 Å². The summed E-state index contributed by atoms with van der Waals surface area (Å²) in [6.07, 6.45) is 0.206. The Morgan fingerprint density at radius 3 is 2.41 bits per heavy atom. The molecule has 1 aliphatic rings. The summed E-state index contributed by atoms with van der Waals surface area (Å²) in [5.41, 5.74) is 0.616. The van der Waals surface area contributed by atoms with E-state index in [1.165, 1.54) is 0 Å². The van der Waals surface area contributed by atoms with E-state index in [1.54, 1.807) is 6.92 Å². The molecule has 1 fully saturated rings. The van der Waals surface area contributed by atoms with Crippen molar-refractivity contribution in [3.8, 4) is 0 Å². The maximum atomic E-state index is 13.0. The van der Waals surface area contributed by atoms with E-state index in [9.17, 15) is 14.7 Å². The summed E-state index contributed by atoms with van der Waals surface area (Å²) in [7, 11) is 0. The minimum Gasteiger partial charge on any atom is -0.481 e. The van der Waals surface area contributed by atoms with Gasteiger partial charge >= 0.3 is 5.97 Å². The van der Waals surface area contributed by atoms with Crippen molar-refractivity contribution < 1.29 is 14.7 Å². The fourth-order valence-corrected chi connectivity index (χ4v) is 4.71. The molecule has 0 aliphatic carbocycles. The van der Waals surface area contributed by atoms with Crippen molar-refractivity contribution in [2.45, 2.75) is 51.0 Å². The van der Waals surface area contributed by atoms with Gasteiger partial charge in [-0.1, -0.05) is 68.2 Å². The van der Waals surface area contributed by atoms with Crippen LogP contribution in [0.2, 0.25) is 10.0 Å². The van der Waals surface area contributed by atoms with Crippen LogP contribution in [0.25, 0.3) is 0 Å². The number of carboxylic acid groups (broad SMARTS) is 1. The minimum absolute atomic E-state index is 0.0959. The zero-order valence-corrected chi connectivity index (χ0v) is 18.2. The molecule has 1 aliphatic heterocycles. The predicted molar refractivity (Wildman–Crippen MR) is 116 cm³/mol. The van der Waals surface area contributed by atoms with Gasteiger partial charge in [-0.25, -0.2) is 0 Å². The minimum atomic E-state index is -0.995. The largest absolute Gasteiger partial charge is 0.481 e. The lowest BCUT2D eigenvalue weighted by Gasteiger charge is -2.48. The van der Waals surface area contributed by atoms with E-state index in [0.717, 1.165) is 11.1 Å². The molecule has 1 heterocycles. The average Bonchev–Trinajstić information content (AvgIpc) is 2.63. The Kier molecular flexibility index (Phi) is 5.98. The summed E-state index contributed by atoms with van der Waals surface area (Å²) in [5.74, 6) is -1.31. The number of carbonyl (C=O) groups is 2. The predicted octanol–water partition coefficient (Wildman–Crippen LogP) is 5.42. The highest BCUT2D eigenvalue weighted by Gasteiger charge is 2.50. The number of carbonyl (C=O) groups excluding carboxylic acids is 1. The first-order valence-electron chi connectivity index (χ1n) is 9.57. The van der Waals surface area contributed by atoms with Crippen molar-refractivity contribution in [2.24, 2.45) is 5.41 Å². The summed E-state index contributed by atoms with van der Waals surface area (Å²) >= 11 is 12.3. The summed E-state index contributed by atoms with van der Waals surface area (Å²) in [6.45, 7) is 5.89. The van der Waals surface area contributed by atoms with Gasteiger partial charge in [-0.15, -0.1) is 0 Å². The summed E-state index contributed by atoms with van der Waals surface area (Å²) in [6, 6.07) is 14.9. The third kappa shape index (κ3) is 4.44. The number of aliphatic carboxylic acids is 1. The van der Waals surface area contributed by atoms with Crippen molar-refractivity contribution in [3.05, 3.63) is 69.7 Å². The SMILES string of the molecule is CC1(CC(=O)O)CC(c2cccc(Cl)c2)C(C(C)(C)c2ccc(Cl)cc2)NC1=O. The first-order chi connectivity index (χ1) is 13.5. The van der Waals surface area contributed by atoms with Gasteiger partial charge in [0.15, 0.2) is 0 Å². The Bertz CT molecular complexity index is 926. The third-order valence-electron chi connectivity index (χ3n) is 6.09. The second kappa shape index (κ2) is 8.00. The van der Waals surface area contributed by atoms with Gasteiger partial charge in [0.05, 0.1) is 11.8 Å². The normalized spacial score (nSPS) is 24.8. The number of hydrogen-bond acceptors (Lipinski definition) is 2. The summed E-state index contributed by atoms with van der Waals surface area (Å²) in [5, 5.41) is 13.8. The smallest absolute Gasteiger partial charge is 0.304 e. The first-order valence-corrected chi connectivity index (χ1v) is 10.3. The quantitative estimate of drug-likeness (QED) is 0.660. The summed E-state index contributed by atoms with van der Waals surface area (Å²) in [4.78, 5) is 24.5. The van der Waals surface area contributed by atoms with E-state index < -0.39 is 16.8 Å². The van der Waals surface area contributed by atoms with Crippen LogP contribution in [0.4, 0.5) is 0 Å². The van der Waals surface area contributed by atoms with Crippen LogP contribution in [-0.2, 0) is 15.0 Å². The van der Waals surface area contributed by atoms with Crippen molar-refractivity contribution >= 4 is 35.1 Å². The molecule has 3 rings (SSSR count). The second-order valence-corrected chi connectivity index (χ2v) is 9.55. The van der Waals surface area contributed by atoms with Gasteiger partial charge in [-0.2, -0.15) is 0 Å². The molecule has 154 valence electrons. The maximum Gasteiger partial charge on any atom is 0.304 e. The van der Waals surface area contributed by atoms with Crippen molar-refractivity contribution in [1.82, 2.24) is 5.32 Å². The average molecular weight is 434 g/mol. The molecule has 0 radical (unpaired) electrons. The van der Waals surface area contributed by atoms with Gasteiger partial charge in [0.25, 0.3) is 0 Å². The highest BCUT2D eigenvalue weighted by atomic mass is 35.5. The van der Waals surface area contributed by atoms with Crippen molar-refractivity contribution in [3.63, 3.8) is 0 Å². The molecule has 4 nitrogen and oxygen atoms in total. The molecule has 3 unspecified atom stereocenters. The van der Waals surface area contributed by atoms with E-state index in [2.05, 4.69) is 19.2 Å². The van der Waals surface area contributed by atoms with Crippen LogP contribution >= 0.6 is 23.2 Å². The van der Waals surface area contributed by atoms with E-state index in [1.807, 2.05) is 48.5 Å². The molecule has 2 aromatic carbocycles. The van der Waals surface area contributed by atoms with Crippen LogP contribution in [0, 0.1) is 5.41 Å². The highest BCUT2D eigenvalue weighted by molar-refractivity contribution is 6.30. The second-order valence-electron chi connectivity index (χ2n) is 8.68. The van der Waals surface area contributed by atoms with Crippen LogP contribution in [0.5, 0.6) is 0 Å². The van der Waals surface area contributed by atoms with E-state index in [0.29, 0.717) is 16.5 Å². The number of piperidine rings is 1. The van der Waals surface area contributed by atoms with Gasteiger partial charge < -0.3 is 10.4 Å². The number of carboxylic acids is 1. The van der Waals surface area contributed by atoms with Gasteiger partial charge in [0.2, 0.25) is 5.91 Å². The zero-order chi connectivity index (χ0) is 21.4. The topological polar surface area (TPSA) is 66.4 Å². The van der Waals surface area contributed by atoms with Gasteiger partial charge in [0, 0.05) is 27.4 Å². The molecular formula is C23H25Cl2NO3. The molecule has 0 aromatic heterocycles. The molecule has 0 bridgehead atoms. The van der Waals surface area contributed by atoms with Gasteiger partial charge in [-0.3, -0.25) is 9.59 Å². The molecule has 6 heteroatoms. The molecule has 1 saturated heterocycles. The van der Waals surface area contributed by atoms with Crippen LogP contribution in [0.3, 0.4) is 0 Å². The number of nitrogens with one attached hydrogen (secondary N) is 1. The molecule has 29 heavy (non-hydrogen) atoms. The lowest BCUT2D eigenvalue weighted by molar-refractivity contribution is -0.147. The molecule has 1 amide bonds. The standard InChI is InChI=1S/C23H25Cl2NO3/c1-22(2,15-7-9-16(24)10-8-15)20-18(14-5-4-6-17(25)11-14)12-23(3,13-19(27)28)21(29)26-20/h4-11,18,20H,12-13H2,1-3H3,(H,26,29)(H,27,28). The number of hydrogen-bond donors (Lipinski definition) is 2. The van der Waals surface area contributed by atoms with Crippen LogP contribution in [-0.4, -0.2) is 23.0 Å². The highest BCUT2D eigenvalue weighted by Crippen LogP contribution is 2.46. The van der Waals surface area contributed by atoms with Gasteiger partial charge in [-0.05, 0) is 41.8 Å². The molecule has 2 N–H and O–H groups in total.